The van der Waals surface area contributed by atoms with Crippen LogP contribution in [-0.2, 0) is 0 Å². The van der Waals surface area contributed by atoms with Crippen LogP contribution in [-0.4, -0.2) is 34.1 Å². The van der Waals surface area contributed by atoms with Crippen LogP contribution in [0.1, 0.15) is 47.7 Å². The van der Waals surface area contributed by atoms with E-state index in [1.54, 1.807) is 6.07 Å². The van der Waals surface area contributed by atoms with Gasteiger partial charge in [0, 0.05) is 48.0 Å². The van der Waals surface area contributed by atoms with E-state index in [4.69, 9.17) is 14.2 Å². The molecular weight excluding hydrogens is 482 g/mol. The molecule has 0 atom stereocenters. The van der Waals surface area contributed by atoms with Crippen molar-refractivity contribution in [2.75, 3.05) is 12.4 Å². The number of halogens is 2. The number of aromatic nitrogens is 3. The summed E-state index contributed by atoms with van der Waals surface area (Å²) >= 11 is 0. The number of amides is 1. The molecule has 1 N–H and O–H groups in total. The Balaban J connectivity index is 1.27. The number of anilines is 1. The van der Waals surface area contributed by atoms with Crippen LogP contribution in [0, 0.1) is 11.6 Å². The molecular formula is C27H22F2N4O4. The number of fused-ring (bicyclic) bond motifs is 1. The van der Waals surface area contributed by atoms with Gasteiger partial charge in [-0.1, -0.05) is 0 Å². The minimum absolute atomic E-state index is 0.0682. The van der Waals surface area contributed by atoms with Gasteiger partial charge in [-0.25, -0.2) is 13.8 Å². The van der Waals surface area contributed by atoms with E-state index in [0.29, 0.717) is 22.6 Å². The number of pyridine rings is 3. The normalized spacial score (nSPS) is 14.9. The Morgan fingerprint density at radius 3 is 2.49 bits per heavy atom. The van der Waals surface area contributed by atoms with Crippen LogP contribution in [0.5, 0.6) is 23.1 Å². The molecule has 1 amide bonds. The molecule has 2 aliphatic carbocycles. The number of carbonyl (C=O) groups excluding carboxylic acids is 1. The van der Waals surface area contributed by atoms with Gasteiger partial charge in [-0.15, -0.1) is 0 Å². The number of benzene rings is 1. The Morgan fingerprint density at radius 2 is 1.78 bits per heavy atom. The fraction of sp³-hybridized carbons (Fsp3) is 0.259. The van der Waals surface area contributed by atoms with Crippen LogP contribution in [0.25, 0.3) is 10.9 Å². The fourth-order valence-electron chi connectivity index (χ4n) is 4.01. The molecule has 0 saturated heterocycles. The quantitative estimate of drug-likeness (QED) is 0.325. The van der Waals surface area contributed by atoms with Crippen LogP contribution in [0.4, 0.5) is 14.5 Å². The highest BCUT2D eigenvalue weighted by molar-refractivity contribution is 6.06. The standard InChI is InChI=1S/C27H22F2N4O4/c1-35-27-24-21(12-20(33-27)14-2-3-14)31-9-7-23(24)37-25-18(28)10-15(11-19(25)29)32-26(34)17-13-30-8-6-22(17)36-16-4-5-16/h6-14,16H,2-5H2,1H3,(H,32,34). The largest absolute Gasteiger partial charge is 0.489 e. The molecule has 0 radical (unpaired) electrons. The first-order chi connectivity index (χ1) is 18.0. The van der Waals surface area contributed by atoms with Gasteiger partial charge in [0.25, 0.3) is 5.91 Å². The van der Waals surface area contributed by atoms with Crippen LogP contribution >= 0.6 is 0 Å². The lowest BCUT2D eigenvalue weighted by Crippen LogP contribution is -2.15. The topological polar surface area (TPSA) is 95.5 Å². The number of hydrogen-bond donors (Lipinski definition) is 1. The van der Waals surface area contributed by atoms with Crippen molar-refractivity contribution in [2.45, 2.75) is 37.7 Å². The summed E-state index contributed by atoms with van der Waals surface area (Å²) in [5.41, 5.74) is 1.51. The van der Waals surface area contributed by atoms with Crippen LogP contribution in [0.15, 0.2) is 48.9 Å². The van der Waals surface area contributed by atoms with E-state index in [1.807, 2.05) is 6.07 Å². The van der Waals surface area contributed by atoms with Gasteiger partial charge in [0.05, 0.1) is 24.3 Å². The van der Waals surface area contributed by atoms with Crippen molar-refractivity contribution >= 4 is 22.5 Å². The number of ether oxygens (including phenoxy) is 3. The van der Waals surface area contributed by atoms with Gasteiger partial charge in [-0.3, -0.25) is 14.8 Å². The zero-order valence-corrected chi connectivity index (χ0v) is 19.8. The van der Waals surface area contributed by atoms with Crippen molar-refractivity contribution in [1.82, 2.24) is 15.0 Å². The average molecular weight is 504 g/mol. The van der Waals surface area contributed by atoms with Crippen LogP contribution < -0.4 is 19.5 Å². The number of nitrogens with zero attached hydrogens (tertiary/aromatic N) is 3. The lowest BCUT2D eigenvalue weighted by atomic mass is 10.1. The molecule has 3 aromatic heterocycles. The number of rotatable bonds is 8. The van der Waals surface area contributed by atoms with Crippen molar-refractivity contribution in [3.8, 4) is 23.1 Å². The van der Waals surface area contributed by atoms with Gasteiger partial charge in [-0.2, -0.15) is 0 Å². The molecule has 6 rings (SSSR count). The summed E-state index contributed by atoms with van der Waals surface area (Å²) in [6.45, 7) is 0. The highest BCUT2D eigenvalue weighted by atomic mass is 19.1. The first-order valence-electron chi connectivity index (χ1n) is 11.9. The maximum absolute atomic E-state index is 15.1. The van der Waals surface area contributed by atoms with Crippen molar-refractivity contribution in [1.29, 1.82) is 0 Å². The summed E-state index contributed by atoms with van der Waals surface area (Å²) in [6.07, 6.45) is 8.35. The fourth-order valence-corrected chi connectivity index (χ4v) is 4.01. The summed E-state index contributed by atoms with van der Waals surface area (Å²) < 4.78 is 47.0. The number of carbonyl (C=O) groups is 1. The average Bonchev–Trinajstić information content (AvgIpc) is 3.81. The predicted molar refractivity (Wildman–Crippen MR) is 130 cm³/mol. The van der Waals surface area contributed by atoms with Gasteiger partial charge in [-0.05, 0) is 43.9 Å². The van der Waals surface area contributed by atoms with Crippen molar-refractivity contribution in [3.63, 3.8) is 0 Å². The summed E-state index contributed by atoms with van der Waals surface area (Å²) in [6, 6.07) is 6.88. The second-order valence-electron chi connectivity index (χ2n) is 9.05. The maximum atomic E-state index is 15.1. The molecule has 1 aromatic carbocycles. The van der Waals surface area contributed by atoms with E-state index in [-0.39, 0.29) is 29.0 Å². The molecule has 37 heavy (non-hydrogen) atoms. The maximum Gasteiger partial charge on any atom is 0.261 e. The SMILES string of the molecule is COc1nc(C2CC2)cc2nccc(Oc3c(F)cc(NC(=O)c4cnccc4OC4CC4)cc3F)c12. The molecule has 10 heteroatoms. The predicted octanol–water partition coefficient (Wildman–Crippen LogP) is 5.77. The van der Waals surface area contributed by atoms with E-state index >= 15 is 8.78 Å². The van der Waals surface area contributed by atoms with Gasteiger partial charge in [0.1, 0.15) is 16.9 Å². The smallest absolute Gasteiger partial charge is 0.261 e. The molecule has 0 spiro atoms. The summed E-state index contributed by atoms with van der Waals surface area (Å²) in [5.74, 6) is -2.07. The Hall–Kier alpha value is -4.34. The molecule has 8 nitrogen and oxygen atoms in total. The molecule has 4 aromatic rings. The van der Waals surface area contributed by atoms with Crippen molar-refractivity contribution in [3.05, 3.63) is 71.8 Å². The summed E-state index contributed by atoms with van der Waals surface area (Å²) in [5, 5.41) is 2.91. The molecule has 2 fully saturated rings. The minimum Gasteiger partial charge on any atom is -0.489 e. The zero-order chi connectivity index (χ0) is 25.5. The van der Waals surface area contributed by atoms with Gasteiger partial charge in [0.2, 0.25) is 5.88 Å². The summed E-state index contributed by atoms with van der Waals surface area (Å²) in [4.78, 5) is 25.7. The first-order valence-corrected chi connectivity index (χ1v) is 11.9. The molecule has 3 heterocycles. The van der Waals surface area contributed by atoms with Crippen LogP contribution in [0.2, 0.25) is 0 Å². The Kier molecular flexibility index (Phi) is 5.78. The third kappa shape index (κ3) is 4.74. The van der Waals surface area contributed by atoms with E-state index in [1.165, 1.54) is 31.8 Å². The molecule has 0 bridgehead atoms. The highest BCUT2D eigenvalue weighted by Crippen LogP contribution is 2.43. The Bertz CT molecular complexity index is 1500. The third-order valence-electron chi connectivity index (χ3n) is 6.17. The lowest BCUT2D eigenvalue weighted by molar-refractivity contribution is 0.102. The first kappa shape index (κ1) is 23.1. The van der Waals surface area contributed by atoms with Crippen molar-refractivity contribution < 1.29 is 27.8 Å². The lowest BCUT2D eigenvalue weighted by Gasteiger charge is -2.14. The Labute approximate surface area is 210 Å². The number of nitrogens with one attached hydrogen (secondary N) is 1. The van der Waals surface area contributed by atoms with E-state index in [0.717, 1.165) is 43.5 Å². The Morgan fingerprint density at radius 1 is 1.03 bits per heavy atom. The van der Waals surface area contributed by atoms with E-state index in [9.17, 15) is 4.79 Å². The number of hydrogen-bond acceptors (Lipinski definition) is 7. The third-order valence-corrected chi connectivity index (χ3v) is 6.17. The van der Waals surface area contributed by atoms with Crippen LogP contribution in [0.3, 0.4) is 0 Å². The van der Waals surface area contributed by atoms with E-state index in [2.05, 4.69) is 20.3 Å². The van der Waals surface area contributed by atoms with Gasteiger partial charge in [0.15, 0.2) is 17.4 Å². The zero-order valence-electron chi connectivity index (χ0n) is 19.8. The molecule has 188 valence electrons. The second-order valence-corrected chi connectivity index (χ2v) is 9.05. The van der Waals surface area contributed by atoms with Gasteiger partial charge >= 0.3 is 0 Å². The van der Waals surface area contributed by atoms with E-state index < -0.39 is 23.3 Å². The number of methoxy groups -OCH3 is 1. The molecule has 0 aliphatic heterocycles. The molecule has 2 saturated carbocycles. The monoisotopic (exact) mass is 504 g/mol. The second kappa shape index (κ2) is 9.27. The van der Waals surface area contributed by atoms with Crippen molar-refractivity contribution in [2.24, 2.45) is 0 Å². The summed E-state index contributed by atoms with van der Waals surface area (Å²) in [7, 11) is 1.47. The molecule has 0 unspecified atom stereocenters. The molecule has 2 aliphatic rings. The van der Waals surface area contributed by atoms with Gasteiger partial charge < -0.3 is 19.5 Å². The highest BCUT2D eigenvalue weighted by Gasteiger charge is 2.28. The minimum atomic E-state index is -0.998.